The van der Waals surface area contributed by atoms with Crippen molar-refractivity contribution < 1.29 is 40.2 Å². The number of benzene rings is 2. The Bertz CT molecular complexity index is 841. The van der Waals surface area contributed by atoms with Crippen LogP contribution >= 0.6 is 0 Å². The summed E-state index contributed by atoms with van der Waals surface area (Å²) in [6.07, 6.45) is -4.49. The van der Waals surface area contributed by atoms with Crippen LogP contribution < -0.4 is 0 Å². The van der Waals surface area contributed by atoms with Crippen molar-refractivity contribution in [1.29, 1.82) is 0 Å². The van der Waals surface area contributed by atoms with E-state index in [9.17, 15) is 30.7 Å². The van der Waals surface area contributed by atoms with Crippen molar-refractivity contribution in [3.05, 3.63) is 58.7 Å². The van der Waals surface area contributed by atoms with E-state index in [4.69, 9.17) is 9.47 Å². The fourth-order valence-electron chi connectivity index (χ4n) is 3.30. The maximum Gasteiger partial charge on any atom is 0.422 e. The van der Waals surface area contributed by atoms with E-state index < -0.39 is 52.4 Å². The Morgan fingerprint density at radius 2 is 1.38 bits per heavy atom. The molecule has 1 aliphatic rings. The second-order valence-corrected chi connectivity index (χ2v) is 6.83. The molecule has 0 spiro atoms. The van der Waals surface area contributed by atoms with Crippen LogP contribution in [0.5, 0.6) is 0 Å². The van der Waals surface area contributed by atoms with Gasteiger partial charge < -0.3 is 9.47 Å². The summed E-state index contributed by atoms with van der Waals surface area (Å²) in [5, 5.41) is 0. The van der Waals surface area contributed by atoms with Gasteiger partial charge >= 0.3 is 6.18 Å². The topological polar surface area (TPSA) is 18.5 Å². The predicted octanol–water partition coefficient (Wildman–Crippen LogP) is 6.39. The lowest BCUT2D eigenvalue weighted by atomic mass is 9.99. The quantitative estimate of drug-likeness (QED) is 0.532. The minimum absolute atomic E-state index is 0.0200. The molecule has 0 atom stereocenters. The normalized spacial score (nSPS) is 20.1. The van der Waals surface area contributed by atoms with Gasteiger partial charge in [-0.3, -0.25) is 0 Å². The van der Waals surface area contributed by atoms with Crippen LogP contribution in [0, 0.1) is 29.2 Å². The average Bonchev–Trinajstić information content (AvgIpc) is 2.60. The van der Waals surface area contributed by atoms with E-state index in [-0.39, 0.29) is 23.6 Å². The van der Waals surface area contributed by atoms with Crippen molar-refractivity contribution in [2.24, 2.45) is 5.92 Å². The van der Waals surface area contributed by atoms with Gasteiger partial charge in [0.05, 0.1) is 18.8 Å². The SMILES string of the molecule is CCCC1COC(c2cc(F)c(-c3cc(F)c(C(F)(F)F)c(F)c3)c(F)c2)OC1. The molecule has 29 heavy (non-hydrogen) atoms. The molecular weight excluding hydrogens is 405 g/mol. The van der Waals surface area contributed by atoms with Gasteiger partial charge in [-0.1, -0.05) is 13.3 Å². The number of hydrogen-bond donors (Lipinski definition) is 0. The Morgan fingerprint density at radius 1 is 0.862 bits per heavy atom. The molecular formula is C20H17F7O2. The third-order valence-electron chi connectivity index (χ3n) is 4.61. The Labute approximate surface area is 162 Å². The lowest BCUT2D eigenvalue weighted by Crippen LogP contribution is -2.27. The third-order valence-corrected chi connectivity index (χ3v) is 4.61. The minimum atomic E-state index is -5.28. The molecule has 1 aliphatic heterocycles. The van der Waals surface area contributed by atoms with Crippen LogP contribution in [-0.2, 0) is 15.7 Å². The molecule has 2 nitrogen and oxygen atoms in total. The van der Waals surface area contributed by atoms with Gasteiger partial charge in [-0.2, -0.15) is 13.2 Å². The largest absolute Gasteiger partial charge is 0.422 e. The summed E-state index contributed by atoms with van der Waals surface area (Å²) in [5.74, 6) is -6.17. The smallest absolute Gasteiger partial charge is 0.348 e. The highest BCUT2D eigenvalue weighted by Crippen LogP contribution is 2.38. The number of ether oxygens (including phenoxy) is 2. The van der Waals surface area contributed by atoms with Crippen LogP contribution in [-0.4, -0.2) is 13.2 Å². The third kappa shape index (κ3) is 4.56. The van der Waals surface area contributed by atoms with Gasteiger partial charge in [0.15, 0.2) is 6.29 Å². The molecule has 1 heterocycles. The second kappa shape index (κ2) is 8.31. The van der Waals surface area contributed by atoms with Crippen molar-refractivity contribution in [2.75, 3.05) is 13.2 Å². The summed E-state index contributed by atoms with van der Waals surface area (Å²) in [6.45, 7) is 2.69. The maximum atomic E-state index is 14.5. The molecule has 3 rings (SSSR count). The summed E-state index contributed by atoms with van der Waals surface area (Å²) < 4.78 is 106. The maximum absolute atomic E-state index is 14.5. The fraction of sp³-hybridized carbons (Fsp3) is 0.400. The molecule has 0 unspecified atom stereocenters. The number of rotatable bonds is 4. The predicted molar refractivity (Wildman–Crippen MR) is 89.8 cm³/mol. The highest BCUT2D eigenvalue weighted by molar-refractivity contribution is 5.66. The summed E-state index contributed by atoms with van der Waals surface area (Å²) >= 11 is 0. The van der Waals surface area contributed by atoms with Gasteiger partial charge in [-0.05, 0) is 36.2 Å². The lowest BCUT2D eigenvalue weighted by molar-refractivity contribution is -0.206. The molecule has 1 saturated heterocycles. The molecule has 0 aromatic heterocycles. The monoisotopic (exact) mass is 422 g/mol. The standard InChI is InChI=1S/C20H17F7O2/c1-2-3-10-8-28-19(29-9-10)12-6-13(21)17(14(22)7-12)11-4-15(23)18(16(24)5-11)20(25,26)27/h4-7,10,19H,2-3,8-9H2,1H3. The van der Waals surface area contributed by atoms with Gasteiger partial charge in [0.2, 0.25) is 0 Å². The van der Waals surface area contributed by atoms with Crippen molar-refractivity contribution in [1.82, 2.24) is 0 Å². The van der Waals surface area contributed by atoms with Crippen LogP contribution in [0.15, 0.2) is 24.3 Å². The Hall–Kier alpha value is -2.13. The van der Waals surface area contributed by atoms with Crippen molar-refractivity contribution in [3.8, 4) is 11.1 Å². The van der Waals surface area contributed by atoms with Crippen LogP contribution in [0.2, 0.25) is 0 Å². The number of hydrogen-bond acceptors (Lipinski definition) is 2. The van der Waals surface area contributed by atoms with Crippen LogP contribution in [0.3, 0.4) is 0 Å². The first-order valence-corrected chi connectivity index (χ1v) is 8.90. The Balaban J connectivity index is 1.91. The van der Waals surface area contributed by atoms with E-state index in [0.29, 0.717) is 13.2 Å². The van der Waals surface area contributed by atoms with Crippen molar-refractivity contribution in [3.63, 3.8) is 0 Å². The van der Waals surface area contributed by atoms with Gasteiger partial charge in [-0.15, -0.1) is 0 Å². The van der Waals surface area contributed by atoms with E-state index in [1.165, 1.54) is 0 Å². The second-order valence-electron chi connectivity index (χ2n) is 6.83. The zero-order chi connectivity index (χ0) is 21.3. The highest BCUT2D eigenvalue weighted by atomic mass is 19.4. The van der Waals surface area contributed by atoms with Gasteiger partial charge in [0, 0.05) is 11.5 Å². The zero-order valence-electron chi connectivity index (χ0n) is 15.3. The Kier molecular flexibility index (Phi) is 6.19. The molecule has 0 saturated carbocycles. The summed E-state index contributed by atoms with van der Waals surface area (Å²) in [5.41, 5.74) is -3.64. The highest BCUT2D eigenvalue weighted by Gasteiger charge is 2.38. The summed E-state index contributed by atoms with van der Waals surface area (Å²) in [4.78, 5) is 0. The van der Waals surface area contributed by atoms with Crippen molar-refractivity contribution in [2.45, 2.75) is 32.2 Å². The molecule has 158 valence electrons. The number of halogens is 7. The average molecular weight is 422 g/mol. The van der Waals surface area contributed by atoms with Gasteiger partial charge in [0.1, 0.15) is 28.8 Å². The molecule has 0 N–H and O–H groups in total. The molecule has 0 bridgehead atoms. The Morgan fingerprint density at radius 3 is 1.83 bits per heavy atom. The van der Waals surface area contributed by atoms with E-state index in [0.717, 1.165) is 25.0 Å². The molecule has 0 amide bonds. The van der Waals surface area contributed by atoms with Crippen LogP contribution in [0.1, 0.15) is 37.2 Å². The van der Waals surface area contributed by atoms with Crippen molar-refractivity contribution >= 4 is 0 Å². The van der Waals surface area contributed by atoms with Crippen LogP contribution in [0.4, 0.5) is 30.7 Å². The van der Waals surface area contributed by atoms with E-state index in [1.807, 2.05) is 6.92 Å². The van der Waals surface area contributed by atoms with E-state index in [2.05, 4.69) is 0 Å². The summed E-state index contributed by atoms with van der Waals surface area (Å²) in [7, 11) is 0. The molecule has 0 aliphatic carbocycles. The first kappa shape index (κ1) is 21.6. The van der Waals surface area contributed by atoms with Crippen LogP contribution in [0.25, 0.3) is 11.1 Å². The first-order chi connectivity index (χ1) is 13.6. The van der Waals surface area contributed by atoms with E-state index in [1.54, 1.807) is 0 Å². The lowest BCUT2D eigenvalue weighted by Gasteiger charge is -2.29. The molecule has 0 radical (unpaired) electrons. The van der Waals surface area contributed by atoms with Gasteiger partial charge in [0.25, 0.3) is 0 Å². The molecule has 2 aromatic rings. The zero-order valence-corrected chi connectivity index (χ0v) is 15.3. The fourth-order valence-corrected chi connectivity index (χ4v) is 3.30. The van der Waals surface area contributed by atoms with E-state index >= 15 is 0 Å². The van der Waals surface area contributed by atoms with Gasteiger partial charge in [-0.25, -0.2) is 17.6 Å². The molecule has 2 aromatic carbocycles. The molecule has 1 fully saturated rings. The minimum Gasteiger partial charge on any atom is -0.348 e. The molecule has 9 heteroatoms. The number of alkyl halides is 3. The summed E-state index contributed by atoms with van der Waals surface area (Å²) in [6, 6.07) is 2.24. The first-order valence-electron chi connectivity index (χ1n) is 8.90.